The molecule has 0 aromatic heterocycles. The molecule has 5 rings (SSSR count). The van der Waals surface area contributed by atoms with Crippen LogP contribution in [0.5, 0.6) is 5.75 Å². The summed E-state index contributed by atoms with van der Waals surface area (Å²) in [5, 5.41) is 5.62. The summed E-state index contributed by atoms with van der Waals surface area (Å²) in [5.41, 5.74) is 1.92. The molecule has 2 aromatic rings. The number of likely N-dealkylation sites (tertiary alicyclic amines) is 2. The van der Waals surface area contributed by atoms with E-state index in [-0.39, 0.29) is 37.3 Å². The van der Waals surface area contributed by atoms with Crippen molar-refractivity contribution in [2.45, 2.75) is 31.8 Å². The first-order valence-corrected chi connectivity index (χ1v) is 13.7. The van der Waals surface area contributed by atoms with Gasteiger partial charge in [-0.1, -0.05) is 42.5 Å². The van der Waals surface area contributed by atoms with Crippen LogP contribution in [0.2, 0.25) is 0 Å². The van der Waals surface area contributed by atoms with E-state index in [1.807, 2.05) is 64.4 Å². The van der Waals surface area contributed by atoms with Crippen molar-refractivity contribution in [3.63, 3.8) is 0 Å². The predicted octanol–water partition coefficient (Wildman–Crippen LogP) is 2.15. The molecule has 3 fully saturated rings. The summed E-state index contributed by atoms with van der Waals surface area (Å²) in [6.07, 6.45) is 0.244. The summed E-state index contributed by atoms with van der Waals surface area (Å²) in [6, 6.07) is 17.0. The van der Waals surface area contributed by atoms with Crippen LogP contribution in [0.4, 0.5) is 9.59 Å². The molecule has 11 heteroatoms. The van der Waals surface area contributed by atoms with Crippen LogP contribution < -0.4 is 15.4 Å². The lowest BCUT2D eigenvalue weighted by molar-refractivity contribution is -0.139. The highest BCUT2D eigenvalue weighted by atomic mass is 16.5. The number of carbonyl (C=O) groups excluding carboxylic acids is 3. The van der Waals surface area contributed by atoms with Gasteiger partial charge in [0.1, 0.15) is 25.6 Å². The Bertz CT molecular complexity index is 1160. The molecule has 0 unspecified atom stereocenters. The fraction of sp³-hybridized carbons (Fsp3) is 0.483. The van der Waals surface area contributed by atoms with E-state index in [0.717, 1.165) is 17.5 Å². The van der Waals surface area contributed by atoms with Crippen molar-refractivity contribution in [3.05, 3.63) is 65.7 Å². The van der Waals surface area contributed by atoms with Crippen molar-refractivity contribution in [1.82, 2.24) is 20.4 Å². The molecule has 214 valence electrons. The molecule has 0 aliphatic carbocycles. The second kappa shape index (κ2) is 13.5. The average Bonchev–Trinajstić information content (AvgIpc) is 2.95. The van der Waals surface area contributed by atoms with E-state index in [0.29, 0.717) is 64.2 Å². The number of carbonyl (C=O) groups is 3. The van der Waals surface area contributed by atoms with Gasteiger partial charge in [-0.15, -0.1) is 0 Å². The molecule has 0 bridgehead atoms. The SMILES string of the molecule is O=C1CO[C@H]2CCN(C(=O)N3CC(COCc4cccc(OCCNC(=O)OCc5ccccc5)c4)C3)C[C@H]2N1. The Morgan fingerprint density at radius 1 is 1.00 bits per heavy atom. The maximum absolute atomic E-state index is 12.9. The number of fused-ring (bicyclic) bond motifs is 1. The quantitative estimate of drug-likeness (QED) is 0.434. The fourth-order valence-electron chi connectivity index (χ4n) is 5.07. The van der Waals surface area contributed by atoms with Gasteiger partial charge in [0.25, 0.3) is 0 Å². The van der Waals surface area contributed by atoms with Gasteiger partial charge >= 0.3 is 12.1 Å². The Morgan fingerprint density at radius 3 is 2.67 bits per heavy atom. The lowest BCUT2D eigenvalue weighted by Crippen LogP contribution is -2.64. The van der Waals surface area contributed by atoms with Gasteiger partial charge < -0.3 is 39.4 Å². The zero-order chi connectivity index (χ0) is 27.7. The van der Waals surface area contributed by atoms with E-state index in [1.54, 1.807) is 0 Å². The first-order valence-electron chi connectivity index (χ1n) is 13.7. The highest BCUT2D eigenvalue weighted by Gasteiger charge is 2.40. The number of hydrogen-bond donors (Lipinski definition) is 2. The molecule has 3 saturated heterocycles. The van der Waals surface area contributed by atoms with Gasteiger partial charge in [-0.2, -0.15) is 0 Å². The normalized spacial score (nSPS) is 20.6. The number of nitrogens with one attached hydrogen (secondary N) is 2. The minimum Gasteiger partial charge on any atom is -0.492 e. The van der Waals surface area contributed by atoms with Crippen molar-refractivity contribution in [3.8, 4) is 5.75 Å². The number of benzene rings is 2. The Labute approximate surface area is 233 Å². The largest absolute Gasteiger partial charge is 0.492 e. The maximum Gasteiger partial charge on any atom is 0.407 e. The first-order chi connectivity index (χ1) is 19.5. The monoisotopic (exact) mass is 552 g/mol. The van der Waals surface area contributed by atoms with Crippen LogP contribution in [-0.2, 0) is 32.2 Å². The second-order valence-electron chi connectivity index (χ2n) is 10.3. The standard InChI is InChI=1S/C29H36N4O7/c34-27-20-39-26-9-11-32(16-25(26)31-27)29(36)33-14-23(15-33)18-37-17-22-7-4-8-24(13-22)38-12-10-30-28(35)40-19-21-5-2-1-3-6-21/h1-8,13,23,25-26H,9-12,14-20H2,(H,30,35)(H,31,34)/t25-,26+/m1/s1. The van der Waals surface area contributed by atoms with Crippen LogP contribution in [0.3, 0.4) is 0 Å². The van der Waals surface area contributed by atoms with Gasteiger partial charge in [0.05, 0.1) is 31.9 Å². The summed E-state index contributed by atoms with van der Waals surface area (Å²) < 4.78 is 22.4. The topological polar surface area (TPSA) is 119 Å². The van der Waals surface area contributed by atoms with E-state index in [1.165, 1.54) is 0 Å². The van der Waals surface area contributed by atoms with E-state index in [4.69, 9.17) is 18.9 Å². The summed E-state index contributed by atoms with van der Waals surface area (Å²) >= 11 is 0. The number of piperidine rings is 1. The molecule has 3 aliphatic rings. The Morgan fingerprint density at radius 2 is 1.82 bits per heavy atom. The average molecular weight is 553 g/mol. The lowest BCUT2D eigenvalue weighted by Gasteiger charge is -2.46. The number of urea groups is 1. The van der Waals surface area contributed by atoms with Gasteiger partial charge in [-0.05, 0) is 29.7 Å². The number of rotatable bonds is 10. The third kappa shape index (κ3) is 7.64. The molecule has 11 nitrogen and oxygen atoms in total. The van der Waals surface area contributed by atoms with E-state index in [2.05, 4.69) is 10.6 Å². The Hall–Kier alpha value is -3.83. The Kier molecular flexibility index (Phi) is 9.35. The molecule has 0 radical (unpaired) electrons. The third-order valence-electron chi connectivity index (χ3n) is 7.20. The van der Waals surface area contributed by atoms with Crippen LogP contribution in [0.1, 0.15) is 17.5 Å². The summed E-state index contributed by atoms with van der Waals surface area (Å²) in [6.45, 7) is 4.43. The van der Waals surface area contributed by atoms with Crippen molar-refractivity contribution in [2.75, 3.05) is 52.5 Å². The fourth-order valence-corrected chi connectivity index (χ4v) is 5.07. The predicted molar refractivity (Wildman–Crippen MR) is 145 cm³/mol. The van der Waals surface area contributed by atoms with Crippen molar-refractivity contribution in [1.29, 1.82) is 0 Å². The summed E-state index contributed by atoms with van der Waals surface area (Å²) in [4.78, 5) is 40.0. The van der Waals surface area contributed by atoms with Gasteiger partial charge in [0.15, 0.2) is 0 Å². The number of morpholine rings is 1. The molecule has 2 atom stereocenters. The Balaban J connectivity index is 0.937. The van der Waals surface area contributed by atoms with Gasteiger partial charge in [-0.3, -0.25) is 4.79 Å². The molecular weight excluding hydrogens is 516 g/mol. The van der Waals surface area contributed by atoms with Gasteiger partial charge in [-0.25, -0.2) is 9.59 Å². The summed E-state index contributed by atoms with van der Waals surface area (Å²) in [5.74, 6) is 0.873. The number of nitrogens with zero attached hydrogens (tertiary/aromatic N) is 2. The van der Waals surface area contributed by atoms with Crippen molar-refractivity contribution < 1.29 is 33.3 Å². The van der Waals surface area contributed by atoms with E-state index in [9.17, 15) is 14.4 Å². The van der Waals surface area contributed by atoms with Crippen LogP contribution >= 0.6 is 0 Å². The van der Waals surface area contributed by atoms with Crippen LogP contribution in [0.25, 0.3) is 0 Å². The lowest BCUT2D eigenvalue weighted by atomic mass is 9.99. The van der Waals surface area contributed by atoms with Gasteiger partial charge in [0, 0.05) is 32.1 Å². The molecule has 2 aromatic carbocycles. The zero-order valence-electron chi connectivity index (χ0n) is 22.5. The number of hydrogen-bond acceptors (Lipinski definition) is 7. The highest BCUT2D eigenvalue weighted by Crippen LogP contribution is 2.23. The zero-order valence-corrected chi connectivity index (χ0v) is 22.5. The van der Waals surface area contributed by atoms with Crippen LogP contribution in [-0.4, -0.2) is 92.5 Å². The molecule has 3 heterocycles. The molecule has 0 saturated carbocycles. The van der Waals surface area contributed by atoms with Crippen LogP contribution in [0, 0.1) is 5.92 Å². The highest BCUT2D eigenvalue weighted by molar-refractivity contribution is 5.79. The van der Waals surface area contributed by atoms with Gasteiger partial charge in [0.2, 0.25) is 5.91 Å². The maximum atomic E-state index is 12.9. The number of amides is 4. The van der Waals surface area contributed by atoms with Crippen molar-refractivity contribution in [2.24, 2.45) is 5.92 Å². The third-order valence-corrected chi connectivity index (χ3v) is 7.20. The molecule has 0 spiro atoms. The molecule has 3 aliphatic heterocycles. The van der Waals surface area contributed by atoms with E-state index >= 15 is 0 Å². The molecular formula is C29H36N4O7. The molecule has 2 N–H and O–H groups in total. The second-order valence-corrected chi connectivity index (χ2v) is 10.3. The first kappa shape index (κ1) is 27.7. The minimum atomic E-state index is -0.484. The molecule has 4 amide bonds. The summed E-state index contributed by atoms with van der Waals surface area (Å²) in [7, 11) is 0. The van der Waals surface area contributed by atoms with E-state index < -0.39 is 6.09 Å². The smallest absolute Gasteiger partial charge is 0.407 e. The number of alkyl carbamates (subject to hydrolysis) is 1. The minimum absolute atomic E-state index is 0.00572. The van der Waals surface area contributed by atoms with Crippen LogP contribution in [0.15, 0.2) is 54.6 Å². The molecule has 40 heavy (non-hydrogen) atoms. The van der Waals surface area contributed by atoms with Crippen molar-refractivity contribution >= 4 is 18.0 Å². The number of ether oxygens (including phenoxy) is 4.